The van der Waals surface area contributed by atoms with Crippen molar-refractivity contribution >= 4 is 5.84 Å². The molecule has 0 aromatic heterocycles. The van der Waals surface area contributed by atoms with Crippen molar-refractivity contribution in [3.63, 3.8) is 0 Å². The summed E-state index contributed by atoms with van der Waals surface area (Å²) >= 11 is 0. The summed E-state index contributed by atoms with van der Waals surface area (Å²) in [5.74, 6) is 1.50. The summed E-state index contributed by atoms with van der Waals surface area (Å²) in [6, 6.07) is 8.30. The van der Waals surface area contributed by atoms with E-state index in [0.29, 0.717) is 5.41 Å². The lowest BCUT2D eigenvalue weighted by atomic mass is 10.1. The minimum Gasteiger partial charge on any atom is -0.352 e. The molecule has 1 aliphatic heterocycles. The van der Waals surface area contributed by atoms with Gasteiger partial charge >= 0.3 is 0 Å². The molecule has 0 amide bonds. The zero-order chi connectivity index (χ0) is 11.3. The average molecular weight is 214 g/mol. The molecule has 2 aliphatic rings. The number of amidine groups is 1. The first kappa shape index (κ1) is 9.88. The Balaban J connectivity index is 1.75. The molecule has 0 bridgehead atoms. The molecule has 1 unspecified atom stereocenters. The summed E-state index contributed by atoms with van der Waals surface area (Å²) in [4.78, 5) is 2.23. The monoisotopic (exact) mass is 214 g/mol. The smallest absolute Gasteiger partial charge is 0.128 e. The van der Waals surface area contributed by atoms with Crippen LogP contribution in [0.15, 0.2) is 24.3 Å². The first-order chi connectivity index (χ1) is 7.58. The van der Waals surface area contributed by atoms with Gasteiger partial charge in [0.25, 0.3) is 0 Å². The van der Waals surface area contributed by atoms with E-state index in [2.05, 4.69) is 36.9 Å². The van der Waals surface area contributed by atoms with Crippen LogP contribution < -0.4 is 0 Å². The average Bonchev–Trinajstić information content (AvgIpc) is 2.71. The zero-order valence-electron chi connectivity index (χ0n) is 9.96. The normalized spacial score (nSPS) is 25.8. The largest absolute Gasteiger partial charge is 0.352 e. The minimum absolute atomic E-state index is 0.509. The highest BCUT2D eigenvalue weighted by Crippen LogP contribution is 2.52. The van der Waals surface area contributed by atoms with Crippen LogP contribution in [-0.2, 0) is 6.54 Å². The Bertz CT molecular complexity index is 448. The van der Waals surface area contributed by atoms with E-state index < -0.39 is 0 Å². The van der Waals surface area contributed by atoms with E-state index in [0.717, 1.165) is 30.4 Å². The van der Waals surface area contributed by atoms with Gasteiger partial charge in [-0.3, -0.25) is 5.41 Å². The molecule has 1 aromatic carbocycles. The van der Waals surface area contributed by atoms with Gasteiger partial charge in [0, 0.05) is 18.7 Å². The predicted octanol–water partition coefficient (Wildman–Crippen LogP) is 2.87. The van der Waals surface area contributed by atoms with Gasteiger partial charge < -0.3 is 4.90 Å². The maximum absolute atomic E-state index is 8.16. The fourth-order valence-electron chi connectivity index (χ4n) is 2.65. The second-order valence-corrected chi connectivity index (χ2v) is 5.78. The molecule has 0 spiro atoms. The number of nitrogens with zero attached hydrogens (tertiary/aromatic N) is 1. The van der Waals surface area contributed by atoms with Crippen molar-refractivity contribution in [2.24, 2.45) is 11.3 Å². The van der Waals surface area contributed by atoms with Gasteiger partial charge in [-0.1, -0.05) is 38.1 Å². The van der Waals surface area contributed by atoms with E-state index in [1.807, 2.05) is 6.07 Å². The Morgan fingerprint density at radius 2 is 2.06 bits per heavy atom. The van der Waals surface area contributed by atoms with Crippen LogP contribution in [0.2, 0.25) is 0 Å². The lowest BCUT2D eigenvalue weighted by Crippen LogP contribution is -2.27. The van der Waals surface area contributed by atoms with Gasteiger partial charge in [0.2, 0.25) is 0 Å². The third-order valence-electron chi connectivity index (χ3n) is 4.11. The van der Waals surface area contributed by atoms with E-state index in [9.17, 15) is 0 Å². The summed E-state index contributed by atoms with van der Waals surface area (Å²) in [6.07, 6.45) is 1.31. The van der Waals surface area contributed by atoms with Gasteiger partial charge in [0.1, 0.15) is 5.84 Å². The molecule has 1 atom stereocenters. The summed E-state index contributed by atoms with van der Waals surface area (Å²) in [6.45, 7) is 6.64. The van der Waals surface area contributed by atoms with Crippen LogP contribution in [0.4, 0.5) is 0 Å². The molecular formula is C14H18N2. The Morgan fingerprint density at radius 3 is 2.69 bits per heavy atom. The van der Waals surface area contributed by atoms with Crippen LogP contribution in [0.25, 0.3) is 0 Å². The summed E-state index contributed by atoms with van der Waals surface area (Å²) in [5, 5.41) is 8.16. The third kappa shape index (κ3) is 1.44. The molecule has 16 heavy (non-hydrogen) atoms. The molecular weight excluding hydrogens is 196 g/mol. The number of hydrogen-bond acceptors (Lipinski definition) is 1. The van der Waals surface area contributed by atoms with Gasteiger partial charge in [0.05, 0.1) is 0 Å². The Labute approximate surface area is 96.8 Å². The Kier molecular flexibility index (Phi) is 1.91. The molecule has 84 valence electrons. The highest BCUT2D eigenvalue weighted by Gasteiger charge is 2.46. The molecule has 1 aromatic rings. The minimum atomic E-state index is 0.509. The molecule has 2 heteroatoms. The van der Waals surface area contributed by atoms with Crippen molar-refractivity contribution in [2.75, 3.05) is 6.54 Å². The van der Waals surface area contributed by atoms with Crippen molar-refractivity contribution < 1.29 is 0 Å². The molecule has 1 aliphatic carbocycles. The maximum Gasteiger partial charge on any atom is 0.128 e. The van der Waals surface area contributed by atoms with Gasteiger partial charge in [-0.25, -0.2) is 0 Å². The van der Waals surface area contributed by atoms with Crippen LogP contribution in [0, 0.1) is 16.7 Å². The summed E-state index contributed by atoms with van der Waals surface area (Å²) in [5.41, 5.74) is 2.95. The molecule has 0 radical (unpaired) electrons. The van der Waals surface area contributed by atoms with E-state index >= 15 is 0 Å². The topological polar surface area (TPSA) is 27.1 Å². The van der Waals surface area contributed by atoms with Crippen LogP contribution in [0.3, 0.4) is 0 Å². The van der Waals surface area contributed by atoms with Gasteiger partial charge in [-0.05, 0) is 23.3 Å². The Hall–Kier alpha value is -1.31. The summed E-state index contributed by atoms with van der Waals surface area (Å²) < 4.78 is 0. The molecule has 1 heterocycles. The van der Waals surface area contributed by atoms with Crippen molar-refractivity contribution in [2.45, 2.75) is 26.8 Å². The Morgan fingerprint density at radius 1 is 1.38 bits per heavy atom. The van der Waals surface area contributed by atoms with E-state index in [4.69, 9.17) is 5.41 Å². The standard InChI is InChI=1S/C14H18N2/c1-14(2)7-11(14)9-16-8-10-5-3-4-6-12(10)13(16)15/h3-6,11,15H,7-9H2,1-2H3. The number of benzene rings is 1. The first-order valence-electron chi connectivity index (χ1n) is 6.00. The highest BCUT2D eigenvalue weighted by atomic mass is 15.2. The molecule has 0 saturated heterocycles. The van der Waals surface area contributed by atoms with Crippen molar-refractivity contribution in [1.82, 2.24) is 4.90 Å². The number of rotatable bonds is 2. The van der Waals surface area contributed by atoms with Crippen molar-refractivity contribution in [1.29, 1.82) is 5.41 Å². The quantitative estimate of drug-likeness (QED) is 0.805. The maximum atomic E-state index is 8.16. The lowest BCUT2D eigenvalue weighted by molar-refractivity contribution is 0.376. The van der Waals surface area contributed by atoms with Crippen LogP contribution in [0.1, 0.15) is 31.4 Å². The van der Waals surface area contributed by atoms with E-state index in [-0.39, 0.29) is 0 Å². The second-order valence-electron chi connectivity index (χ2n) is 5.78. The number of fused-ring (bicyclic) bond motifs is 1. The molecule has 1 N–H and O–H groups in total. The van der Waals surface area contributed by atoms with Crippen LogP contribution >= 0.6 is 0 Å². The molecule has 3 rings (SSSR count). The van der Waals surface area contributed by atoms with Gasteiger partial charge in [-0.15, -0.1) is 0 Å². The summed E-state index contributed by atoms with van der Waals surface area (Å²) in [7, 11) is 0. The molecule has 1 saturated carbocycles. The van der Waals surface area contributed by atoms with Crippen molar-refractivity contribution in [3.8, 4) is 0 Å². The first-order valence-corrected chi connectivity index (χ1v) is 6.00. The second kappa shape index (κ2) is 3.09. The fraction of sp³-hybridized carbons (Fsp3) is 0.500. The number of hydrogen-bond donors (Lipinski definition) is 1. The van der Waals surface area contributed by atoms with Crippen molar-refractivity contribution in [3.05, 3.63) is 35.4 Å². The van der Waals surface area contributed by atoms with E-state index in [1.54, 1.807) is 0 Å². The molecule has 1 fully saturated rings. The van der Waals surface area contributed by atoms with Crippen LogP contribution in [0.5, 0.6) is 0 Å². The predicted molar refractivity (Wildman–Crippen MR) is 65.6 cm³/mol. The fourth-order valence-corrected chi connectivity index (χ4v) is 2.65. The van der Waals surface area contributed by atoms with Gasteiger partial charge in [0.15, 0.2) is 0 Å². The SMILES string of the molecule is CC1(C)CC1CN1Cc2ccccc2C1=N. The third-order valence-corrected chi connectivity index (χ3v) is 4.11. The highest BCUT2D eigenvalue weighted by molar-refractivity contribution is 6.00. The van der Waals surface area contributed by atoms with E-state index in [1.165, 1.54) is 12.0 Å². The lowest BCUT2D eigenvalue weighted by Gasteiger charge is -2.18. The van der Waals surface area contributed by atoms with Crippen LogP contribution in [-0.4, -0.2) is 17.3 Å². The zero-order valence-corrected chi connectivity index (χ0v) is 9.96. The van der Waals surface area contributed by atoms with Gasteiger partial charge in [-0.2, -0.15) is 0 Å². The number of nitrogens with one attached hydrogen (secondary N) is 1. The molecule has 2 nitrogen and oxygen atoms in total.